The van der Waals surface area contributed by atoms with Gasteiger partial charge >= 0.3 is 0 Å². The summed E-state index contributed by atoms with van der Waals surface area (Å²) in [6.07, 6.45) is 2.77. The molecule has 0 saturated carbocycles. The molecule has 2 rings (SSSR count). The van der Waals surface area contributed by atoms with Crippen molar-refractivity contribution in [1.82, 2.24) is 20.1 Å². The first-order chi connectivity index (χ1) is 8.72. The van der Waals surface area contributed by atoms with E-state index < -0.39 is 0 Å². The molecule has 0 bridgehead atoms. The maximum Gasteiger partial charge on any atom is 0.138 e. The molecule has 2 atom stereocenters. The van der Waals surface area contributed by atoms with Crippen LogP contribution in [0.25, 0.3) is 0 Å². The number of rotatable bonds is 5. The summed E-state index contributed by atoms with van der Waals surface area (Å²) in [5, 5.41) is 7.64. The largest absolute Gasteiger partial charge is 0.375 e. The summed E-state index contributed by atoms with van der Waals surface area (Å²) in [7, 11) is 1.99. The molecule has 2 heterocycles. The maximum absolute atomic E-state index is 5.84. The zero-order valence-corrected chi connectivity index (χ0v) is 12.1. The second kappa shape index (κ2) is 6.54. The summed E-state index contributed by atoms with van der Waals surface area (Å²) in [5.74, 6) is 3.19. The van der Waals surface area contributed by atoms with Gasteiger partial charge in [-0.1, -0.05) is 0 Å². The van der Waals surface area contributed by atoms with E-state index >= 15 is 0 Å². The Balaban J connectivity index is 2.02. The lowest BCUT2D eigenvalue weighted by atomic mass is 10.1. The van der Waals surface area contributed by atoms with Crippen LogP contribution in [0.15, 0.2) is 6.33 Å². The van der Waals surface area contributed by atoms with Gasteiger partial charge in [0.15, 0.2) is 0 Å². The van der Waals surface area contributed by atoms with Crippen molar-refractivity contribution in [3.8, 4) is 0 Å². The first-order valence-corrected chi connectivity index (χ1v) is 7.62. The highest BCUT2D eigenvalue weighted by molar-refractivity contribution is 7.99. The van der Waals surface area contributed by atoms with Crippen LogP contribution in [0.1, 0.15) is 25.7 Å². The first kappa shape index (κ1) is 13.8. The monoisotopic (exact) mass is 270 g/mol. The van der Waals surface area contributed by atoms with Gasteiger partial charge in [0.25, 0.3) is 0 Å². The molecular formula is C12H22N4OS. The molecule has 18 heavy (non-hydrogen) atoms. The molecule has 0 aliphatic carbocycles. The Morgan fingerprint density at radius 1 is 1.61 bits per heavy atom. The second-order valence-corrected chi connectivity index (χ2v) is 5.95. The van der Waals surface area contributed by atoms with E-state index in [1.165, 1.54) is 0 Å². The quantitative estimate of drug-likeness (QED) is 0.869. The molecule has 102 valence electrons. The summed E-state index contributed by atoms with van der Waals surface area (Å²) in [6, 6.07) is 0.654. The minimum Gasteiger partial charge on any atom is -0.375 e. The predicted octanol–water partition coefficient (Wildman–Crippen LogP) is 1.12. The van der Waals surface area contributed by atoms with E-state index in [1.807, 2.05) is 23.5 Å². The number of aromatic nitrogens is 3. The molecule has 0 amide bonds. The van der Waals surface area contributed by atoms with Gasteiger partial charge in [0.2, 0.25) is 0 Å². The Morgan fingerprint density at radius 2 is 2.44 bits per heavy atom. The van der Waals surface area contributed by atoms with Gasteiger partial charge in [-0.25, -0.2) is 9.67 Å². The zero-order valence-electron chi connectivity index (χ0n) is 11.3. The van der Waals surface area contributed by atoms with E-state index in [9.17, 15) is 0 Å². The minimum absolute atomic E-state index is 0.270. The Labute approximate surface area is 113 Å². The standard InChI is InChI=1S/C12H22N4OS/c1-9(2)16-12(14-8-15-16)6-10(13-3)11-7-18-5-4-17-11/h8-11,13H,4-7H2,1-3H3. The van der Waals surface area contributed by atoms with Gasteiger partial charge in [-0.2, -0.15) is 16.9 Å². The Kier molecular flexibility index (Phi) is 5.03. The van der Waals surface area contributed by atoms with Crippen LogP contribution in [0, 0.1) is 0 Å². The van der Waals surface area contributed by atoms with Gasteiger partial charge < -0.3 is 10.1 Å². The Bertz CT molecular complexity index is 363. The predicted molar refractivity (Wildman–Crippen MR) is 74.0 cm³/mol. The van der Waals surface area contributed by atoms with Crippen LogP contribution >= 0.6 is 11.8 Å². The zero-order chi connectivity index (χ0) is 13.0. The van der Waals surface area contributed by atoms with E-state index in [-0.39, 0.29) is 6.10 Å². The lowest BCUT2D eigenvalue weighted by Gasteiger charge is -2.30. The van der Waals surface area contributed by atoms with Crippen LogP contribution in [0.5, 0.6) is 0 Å². The highest BCUT2D eigenvalue weighted by atomic mass is 32.2. The van der Waals surface area contributed by atoms with Crippen molar-refractivity contribution in [3.63, 3.8) is 0 Å². The number of hydrogen-bond acceptors (Lipinski definition) is 5. The van der Waals surface area contributed by atoms with Gasteiger partial charge in [0, 0.05) is 30.0 Å². The molecule has 1 saturated heterocycles. The number of hydrogen-bond donors (Lipinski definition) is 1. The Morgan fingerprint density at radius 3 is 3.06 bits per heavy atom. The molecule has 1 aliphatic rings. The topological polar surface area (TPSA) is 52.0 Å². The number of thioether (sulfide) groups is 1. The van der Waals surface area contributed by atoms with Gasteiger partial charge in [-0.05, 0) is 20.9 Å². The average molecular weight is 270 g/mol. The lowest BCUT2D eigenvalue weighted by Crippen LogP contribution is -2.45. The van der Waals surface area contributed by atoms with Crippen molar-refractivity contribution in [1.29, 1.82) is 0 Å². The number of ether oxygens (including phenoxy) is 1. The van der Waals surface area contributed by atoms with Gasteiger partial charge in [0.1, 0.15) is 12.2 Å². The van der Waals surface area contributed by atoms with Gasteiger partial charge in [-0.15, -0.1) is 0 Å². The fourth-order valence-electron chi connectivity index (χ4n) is 2.21. The number of nitrogens with zero attached hydrogens (tertiary/aromatic N) is 3. The van der Waals surface area contributed by atoms with Crippen LogP contribution in [0.3, 0.4) is 0 Å². The summed E-state index contributed by atoms with van der Waals surface area (Å²) < 4.78 is 7.83. The number of likely N-dealkylation sites (N-methyl/N-ethyl adjacent to an activating group) is 1. The minimum atomic E-state index is 0.270. The van der Waals surface area contributed by atoms with Gasteiger partial charge in [-0.3, -0.25) is 0 Å². The highest BCUT2D eigenvalue weighted by Gasteiger charge is 2.25. The SMILES string of the molecule is CNC(Cc1ncnn1C(C)C)C1CSCCO1. The molecule has 1 aromatic rings. The third-order valence-electron chi connectivity index (χ3n) is 3.20. The van der Waals surface area contributed by atoms with Crippen LogP contribution in [-0.2, 0) is 11.2 Å². The van der Waals surface area contributed by atoms with E-state index in [0.717, 1.165) is 30.4 Å². The fourth-order valence-corrected chi connectivity index (χ4v) is 3.15. The third kappa shape index (κ3) is 3.24. The van der Waals surface area contributed by atoms with Crippen molar-refractivity contribution in [2.45, 2.75) is 38.5 Å². The Hall–Kier alpha value is -0.590. The van der Waals surface area contributed by atoms with Crippen molar-refractivity contribution in [2.24, 2.45) is 0 Å². The first-order valence-electron chi connectivity index (χ1n) is 6.47. The van der Waals surface area contributed by atoms with E-state index in [1.54, 1.807) is 6.33 Å². The summed E-state index contributed by atoms with van der Waals surface area (Å²) in [4.78, 5) is 4.37. The van der Waals surface area contributed by atoms with Crippen molar-refractivity contribution in [3.05, 3.63) is 12.2 Å². The lowest BCUT2D eigenvalue weighted by molar-refractivity contribution is 0.0483. The van der Waals surface area contributed by atoms with Crippen LogP contribution < -0.4 is 5.32 Å². The fraction of sp³-hybridized carbons (Fsp3) is 0.833. The van der Waals surface area contributed by atoms with Gasteiger partial charge in [0.05, 0.1) is 12.7 Å². The number of nitrogens with one attached hydrogen (secondary N) is 1. The second-order valence-electron chi connectivity index (χ2n) is 4.80. The molecule has 6 heteroatoms. The molecule has 0 aromatic carbocycles. The van der Waals surface area contributed by atoms with Crippen molar-refractivity contribution >= 4 is 11.8 Å². The van der Waals surface area contributed by atoms with E-state index in [2.05, 4.69) is 29.2 Å². The van der Waals surface area contributed by atoms with Crippen molar-refractivity contribution < 1.29 is 4.74 Å². The van der Waals surface area contributed by atoms with E-state index in [4.69, 9.17) is 4.74 Å². The molecule has 1 N–H and O–H groups in total. The smallest absolute Gasteiger partial charge is 0.138 e. The molecule has 2 unspecified atom stereocenters. The van der Waals surface area contributed by atoms with Crippen molar-refractivity contribution in [2.75, 3.05) is 25.2 Å². The molecule has 0 spiro atoms. The highest BCUT2D eigenvalue weighted by Crippen LogP contribution is 2.18. The van der Waals surface area contributed by atoms with E-state index in [0.29, 0.717) is 12.1 Å². The molecule has 0 radical (unpaired) electrons. The normalized spacial score (nSPS) is 22.3. The molecule has 1 fully saturated rings. The summed E-state index contributed by atoms with van der Waals surface area (Å²) in [5.41, 5.74) is 0. The molecule has 1 aromatic heterocycles. The molecule has 1 aliphatic heterocycles. The maximum atomic E-state index is 5.84. The summed E-state index contributed by atoms with van der Waals surface area (Å²) >= 11 is 1.96. The average Bonchev–Trinajstić information content (AvgIpc) is 2.85. The molecule has 5 nitrogen and oxygen atoms in total. The third-order valence-corrected chi connectivity index (χ3v) is 4.22. The molecular weight excluding hydrogens is 248 g/mol. The van der Waals surface area contributed by atoms with Crippen LogP contribution in [-0.4, -0.2) is 52.1 Å². The summed E-state index contributed by atoms with van der Waals surface area (Å²) in [6.45, 7) is 5.10. The van der Waals surface area contributed by atoms with Crippen LogP contribution in [0.2, 0.25) is 0 Å². The van der Waals surface area contributed by atoms with Crippen LogP contribution in [0.4, 0.5) is 0 Å².